The second kappa shape index (κ2) is 8.61. The van der Waals surface area contributed by atoms with Gasteiger partial charge in [0, 0.05) is 5.56 Å². The number of benzene rings is 2. The average Bonchev–Trinajstić information content (AvgIpc) is 2.69. The summed E-state index contributed by atoms with van der Waals surface area (Å²) in [5.41, 5.74) is 1.59. The fourth-order valence-electron chi connectivity index (χ4n) is 3.20. The van der Waals surface area contributed by atoms with E-state index >= 15 is 0 Å². The number of hydrogen-bond donors (Lipinski definition) is 1. The van der Waals surface area contributed by atoms with Gasteiger partial charge in [-0.3, -0.25) is 4.79 Å². The van der Waals surface area contributed by atoms with Crippen LogP contribution in [0.5, 0.6) is 0 Å². The van der Waals surface area contributed by atoms with Gasteiger partial charge in [0.05, 0.1) is 37.6 Å². The van der Waals surface area contributed by atoms with E-state index in [1.165, 1.54) is 27.8 Å². The van der Waals surface area contributed by atoms with Crippen LogP contribution in [0.15, 0.2) is 65.6 Å². The molecular weight excluding hydrogens is 360 g/mol. The van der Waals surface area contributed by atoms with E-state index < -0.39 is 10.0 Å². The lowest BCUT2D eigenvalue weighted by Crippen LogP contribution is -3.14. The second-order valence-corrected chi connectivity index (χ2v) is 8.69. The first-order chi connectivity index (χ1) is 13.0. The van der Waals surface area contributed by atoms with Crippen LogP contribution in [0.25, 0.3) is 6.08 Å². The van der Waals surface area contributed by atoms with Crippen molar-refractivity contribution in [2.24, 2.45) is 0 Å². The van der Waals surface area contributed by atoms with Gasteiger partial charge in [0.25, 0.3) is 0 Å². The molecule has 1 heterocycles. The van der Waals surface area contributed by atoms with Crippen molar-refractivity contribution in [3.05, 3.63) is 71.8 Å². The molecule has 2 aromatic carbocycles. The predicted octanol–water partition coefficient (Wildman–Crippen LogP) is 1.49. The van der Waals surface area contributed by atoms with Crippen LogP contribution >= 0.6 is 0 Å². The highest BCUT2D eigenvalue weighted by atomic mass is 32.2. The smallest absolute Gasteiger partial charge is 0.243 e. The Morgan fingerprint density at radius 3 is 2.44 bits per heavy atom. The molecular formula is C21H25N2O3S+. The van der Waals surface area contributed by atoms with Crippen LogP contribution in [0.1, 0.15) is 22.8 Å². The predicted molar refractivity (Wildman–Crippen MR) is 106 cm³/mol. The molecule has 1 saturated heterocycles. The Hall–Kier alpha value is -2.28. The lowest BCUT2D eigenvalue weighted by Gasteiger charge is -2.31. The summed E-state index contributed by atoms with van der Waals surface area (Å²) in [7, 11) is -3.56. The topological polar surface area (TPSA) is 58.9 Å². The third-order valence-electron chi connectivity index (χ3n) is 4.82. The summed E-state index contributed by atoms with van der Waals surface area (Å²) < 4.78 is 27.2. The van der Waals surface area contributed by atoms with E-state index in [9.17, 15) is 13.2 Å². The Bertz CT molecular complexity index is 915. The summed E-state index contributed by atoms with van der Waals surface area (Å²) in [6.07, 6.45) is 4.24. The minimum absolute atomic E-state index is 0.133. The van der Waals surface area contributed by atoms with Gasteiger partial charge in [-0.2, -0.15) is 4.31 Å². The second-order valence-electron chi connectivity index (χ2n) is 6.76. The highest BCUT2D eigenvalue weighted by molar-refractivity contribution is 7.89. The summed E-state index contributed by atoms with van der Waals surface area (Å²) in [6.45, 7) is 4.83. The molecule has 1 aliphatic rings. The number of sulfonamides is 1. The fraction of sp³-hybridized carbons (Fsp3) is 0.286. The van der Waals surface area contributed by atoms with Crippen molar-refractivity contribution in [1.29, 1.82) is 0 Å². The zero-order valence-electron chi connectivity index (χ0n) is 15.5. The number of Topliss-reactive ketones (excluding diaryl/α,β-unsaturated/α-hetero) is 1. The molecule has 2 aromatic rings. The third kappa shape index (κ3) is 4.91. The van der Waals surface area contributed by atoms with Crippen molar-refractivity contribution in [2.75, 3.05) is 32.7 Å². The molecule has 27 heavy (non-hydrogen) atoms. The molecule has 142 valence electrons. The molecule has 0 aromatic heterocycles. The van der Waals surface area contributed by atoms with Gasteiger partial charge in [-0.25, -0.2) is 8.42 Å². The van der Waals surface area contributed by atoms with E-state index in [0.29, 0.717) is 18.7 Å². The molecule has 0 bridgehead atoms. The Morgan fingerprint density at radius 1 is 1.07 bits per heavy atom. The molecule has 6 heteroatoms. The summed E-state index contributed by atoms with van der Waals surface area (Å²) in [5, 5.41) is 0. The lowest BCUT2D eigenvalue weighted by atomic mass is 10.2. The van der Waals surface area contributed by atoms with Gasteiger partial charge < -0.3 is 4.90 Å². The van der Waals surface area contributed by atoms with Gasteiger partial charge >= 0.3 is 0 Å². The Labute approximate surface area is 161 Å². The molecule has 5 nitrogen and oxygen atoms in total. The van der Waals surface area contributed by atoms with E-state index in [4.69, 9.17) is 0 Å². The number of nitrogens with one attached hydrogen (secondary N) is 1. The van der Waals surface area contributed by atoms with Crippen LogP contribution in [0.3, 0.4) is 0 Å². The van der Waals surface area contributed by atoms with Crippen molar-refractivity contribution < 1.29 is 18.1 Å². The summed E-state index contributed by atoms with van der Waals surface area (Å²) in [5.74, 6) is -0.133. The maximum absolute atomic E-state index is 12.9. The van der Waals surface area contributed by atoms with Gasteiger partial charge in [0.15, 0.2) is 5.78 Å². The number of piperazine rings is 1. The fourth-order valence-corrected chi connectivity index (χ4v) is 4.69. The third-order valence-corrected chi connectivity index (χ3v) is 6.72. The summed E-state index contributed by atoms with van der Waals surface area (Å²) >= 11 is 0. The van der Waals surface area contributed by atoms with Crippen molar-refractivity contribution in [2.45, 2.75) is 11.8 Å². The molecule has 0 aliphatic carbocycles. The standard InChI is InChI=1S/C21H24N2O3S/c1-18(24)20-10-5-11-21(17-20)27(25,26)23-15-13-22(14-16-23)12-6-9-19-7-3-2-4-8-19/h2-11,17H,12-16H2,1H3/p+1/b9-6+. The number of carbonyl (C=O) groups is 1. The number of hydrogen-bond acceptors (Lipinski definition) is 3. The summed E-state index contributed by atoms with van der Waals surface area (Å²) in [6, 6.07) is 16.4. The zero-order valence-corrected chi connectivity index (χ0v) is 16.3. The van der Waals surface area contributed by atoms with Gasteiger partial charge in [-0.15, -0.1) is 0 Å². The monoisotopic (exact) mass is 385 g/mol. The molecule has 1 N–H and O–H groups in total. The molecule has 1 fully saturated rings. The first-order valence-electron chi connectivity index (χ1n) is 9.13. The van der Waals surface area contributed by atoms with Crippen LogP contribution in [0, 0.1) is 0 Å². The Morgan fingerprint density at radius 2 is 1.78 bits per heavy atom. The van der Waals surface area contributed by atoms with Crippen molar-refractivity contribution in [3.8, 4) is 0 Å². The van der Waals surface area contributed by atoms with E-state index in [0.717, 1.165) is 19.6 Å². The molecule has 0 spiro atoms. The quantitative estimate of drug-likeness (QED) is 0.767. The van der Waals surface area contributed by atoms with E-state index in [1.807, 2.05) is 18.2 Å². The number of rotatable bonds is 6. The molecule has 0 saturated carbocycles. The van der Waals surface area contributed by atoms with Crippen LogP contribution in [0.4, 0.5) is 0 Å². The minimum atomic E-state index is -3.56. The Kier molecular flexibility index (Phi) is 6.21. The highest BCUT2D eigenvalue weighted by Crippen LogP contribution is 2.17. The summed E-state index contributed by atoms with van der Waals surface area (Å²) in [4.78, 5) is 13.1. The number of quaternary nitrogens is 1. The number of nitrogens with zero attached hydrogens (tertiary/aromatic N) is 1. The first-order valence-corrected chi connectivity index (χ1v) is 10.6. The van der Waals surface area contributed by atoms with Gasteiger partial charge in [0.1, 0.15) is 0 Å². The normalized spacial score (nSPS) is 16.6. The van der Waals surface area contributed by atoms with Gasteiger partial charge in [-0.05, 0) is 30.7 Å². The molecule has 0 radical (unpaired) electrons. The van der Waals surface area contributed by atoms with Crippen molar-refractivity contribution >= 4 is 21.9 Å². The van der Waals surface area contributed by atoms with Crippen molar-refractivity contribution in [3.63, 3.8) is 0 Å². The van der Waals surface area contributed by atoms with E-state index in [1.54, 1.807) is 18.2 Å². The first kappa shape index (κ1) is 19.5. The molecule has 0 amide bonds. The molecule has 3 rings (SSSR count). The lowest BCUT2D eigenvalue weighted by molar-refractivity contribution is -0.897. The highest BCUT2D eigenvalue weighted by Gasteiger charge is 2.30. The van der Waals surface area contributed by atoms with E-state index in [-0.39, 0.29) is 10.7 Å². The van der Waals surface area contributed by atoms with Crippen molar-refractivity contribution in [1.82, 2.24) is 4.31 Å². The average molecular weight is 386 g/mol. The number of ketones is 1. The van der Waals surface area contributed by atoms with E-state index in [2.05, 4.69) is 24.3 Å². The SMILES string of the molecule is CC(=O)c1cccc(S(=O)(=O)N2CC[NH+](C/C=C/c3ccccc3)CC2)c1. The molecule has 0 unspecified atom stereocenters. The molecule has 1 aliphatic heterocycles. The van der Waals surface area contributed by atoms with Gasteiger partial charge in [0.2, 0.25) is 10.0 Å². The van der Waals surface area contributed by atoms with Gasteiger partial charge in [-0.1, -0.05) is 48.5 Å². The largest absolute Gasteiger partial charge is 0.329 e. The van der Waals surface area contributed by atoms with Crippen LogP contribution in [-0.4, -0.2) is 51.2 Å². The zero-order chi connectivity index (χ0) is 19.3. The minimum Gasteiger partial charge on any atom is -0.329 e. The number of carbonyl (C=O) groups excluding carboxylic acids is 1. The maximum Gasteiger partial charge on any atom is 0.243 e. The van der Waals surface area contributed by atoms with Crippen LogP contribution < -0.4 is 4.90 Å². The Balaban J connectivity index is 1.59. The van der Waals surface area contributed by atoms with Crippen LogP contribution in [-0.2, 0) is 10.0 Å². The molecule has 0 atom stereocenters. The maximum atomic E-state index is 12.9. The van der Waals surface area contributed by atoms with Crippen LogP contribution in [0.2, 0.25) is 0 Å².